The largest absolute Gasteiger partial charge is 0.299 e. The third-order valence-corrected chi connectivity index (χ3v) is 3.89. The van der Waals surface area contributed by atoms with E-state index in [0.29, 0.717) is 29.3 Å². The molecule has 0 aliphatic heterocycles. The van der Waals surface area contributed by atoms with Gasteiger partial charge >= 0.3 is 0 Å². The van der Waals surface area contributed by atoms with E-state index in [0.717, 1.165) is 0 Å². The van der Waals surface area contributed by atoms with Crippen LogP contribution in [0.5, 0.6) is 0 Å². The Labute approximate surface area is 116 Å². The van der Waals surface area contributed by atoms with Crippen molar-refractivity contribution in [1.29, 1.82) is 0 Å². The first-order valence-corrected chi connectivity index (χ1v) is 8.18. The second kappa shape index (κ2) is 5.62. The van der Waals surface area contributed by atoms with Crippen LogP contribution in [0.3, 0.4) is 0 Å². The summed E-state index contributed by atoms with van der Waals surface area (Å²) in [7, 11) is -2.96. The van der Waals surface area contributed by atoms with E-state index in [9.17, 15) is 8.42 Å². The Morgan fingerprint density at radius 3 is 2.84 bits per heavy atom. The molecule has 0 spiro atoms. The van der Waals surface area contributed by atoms with E-state index in [-0.39, 0.29) is 5.75 Å². The molecule has 0 amide bonds. The lowest BCUT2D eigenvalue weighted by Crippen LogP contribution is -2.08. The van der Waals surface area contributed by atoms with E-state index in [1.807, 2.05) is 18.2 Å². The first-order valence-electron chi connectivity index (χ1n) is 5.72. The zero-order chi connectivity index (χ0) is 13.9. The molecule has 2 aromatic rings. The van der Waals surface area contributed by atoms with Gasteiger partial charge in [-0.3, -0.25) is 14.6 Å². The number of H-pyrrole nitrogens is 1. The molecule has 0 unspecified atom stereocenters. The smallest absolute Gasteiger partial charge is 0.195 e. The van der Waals surface area contributed by atoms with Gasteiger partial charge < -0.3 is 0 Å². The van der Waals surface area contributed by atoms with E-state index in [4.69, 9.17) is 12.2 Å². The van der Waals surface area contributed by atoms with Crippen LogP contribution in [0.25, 0.3) is 11.5 Å². The second-order valence-corrected chi connectivity index (χ2v) is 6.85. The standard InChI is InChI=1S/C11H14N4O2S2/c1-19(16,17)8-4-7-15-10(13-14-11(15)18)9-5-2-3-6-12-9/h2-3,5-6H,4,7-8H2,1H3,(H,14,18). The first kappa shape index (κ1) is 13.9. The number of rotatable bonds is 5. The minimum absolute atomic E-state index is 0.127. The fourth-order valence-electron chi connectivity index (χ4n) is 1.70. The summed E-state index contributed by atoms with van der Waals surface area (Å²) in [4.78, 5) is 4.21. The van der Waals surface area contributed by atoms with Crippen LogP contribution in [-0.4, -0.2) is 40.2 Å². The van der Waals surface area contributed by atoms with E-state index < -0.39 is 9.84 Å². The summed E-state index contributed by atoms with van der Waals surface area (Å²) < 4.78 is 24.5. The Balaban J connectivity index is 2.22. The van der Waals surface area contributed by atoms with Crippen molar-refractivity contribution in [2.75, 3.05) is 12.0 Å². The zero-order valence-corrected chi connectivity index (χ0v) is 12.0. The molecular formula is C11H14N4O2S2. The summed E-state index contributed by atoms with van der Waals surface area (Å²) in [5.41, 5.74) is 0.703. The molecular weight excluding hydrogens is 284 g/mol. The zero-order valence-electron chi connectivity index (χ0n) is 10.4. The van der Waals surface area contributed by atoms with Crippen LogP contribution in [0, 0.1) is 4.77 Å². The van der Waals surface area contributed by atoms with Crippen LogP contribution in [0.15, 0.2) is 24.4 Å². The van der Waals surface area contributed by atoms with Gasteiger partial charge in [0.05, 0.1) is 5.75 Å². The average Bonchev–Trinajstić information content (AvgIpc) is 2.71. The van der Waals surface area contributed by atoms with Gasteiger partial charge in [-0.15, -0.1) is 0 Å². The van der Waals surface area contributed by atoms with Crippen molar-refractivity contribution in [2.45, 2.75) is 13.0 Å². The molecule has 0 saturated heterocycles. The summed E-state index contributed by atoms with van der Waals surface area (Å²) in [5, 5.41) is 6.84. The molecule has 0 saturated carbocycles. The number of nitrogens with zero attached hydrogens (tertiary/aromatic N) is 3. The van der Waals surface area contributed by atoms with E-state index in [2.05, 4.69) is 15.2 Å². The van der Waals surface area contributed by atoms with Gasteiger partial charge in [-0.25, -0.2) is 8.42 Å². The number of aromatic amines is 1. The lowest BCUT2D eigenvalue weighted by molar-refractivity contribution is 0.591. The predicted octanol–water partition coefficient (Wildman–Crippen LogP) is 1.44. The van der Waals surface area contributed by atoms with Gasteiger partial charge in [0, 0.05) is 19.0 Å². The highest BCUT2D eigenvalue weighted by molar-refractivity contribution is 7.90. The molecule has 2 rings (SSSR count). The quantitative estimate of drug-likeness (QED) is 0.845. The highest BCUT2D eigenvalue weighted by atomic mass is 32.2. The molecule has 2 heterocycles. The van der Waals surface area contributed by atoms with Crippen molar-refractivity contribution in [3.05, 3.63) is 29.2 Å². The Kier molecular flexibility index (Phi) is 4.11. The fourth-order valence-corrected chi connectivity index (χ4v) is 2.58. The minimum atomic E-state index is -2.96. The van der Waals surface area contributed by atoms with Gasteiger partial charge in [-0.1, -0.05) is 6.07 Å². The summed E-state index contributed by atoms with van der Waals surface area (Å²) in [6, 6.07) is 5.51. The van der Waals surface area contributed by atoms with E-state index in [1.165, 1.54) is 6.26 Å². The maximum Gasteiger partial charge on any atom is 0.195 e. The molecule has 1 N–H and O–H groups in total. The monoisotopic (exact) mass is 298 g/mol. The third kappa shape index (κ3) is 3.71. The van der Waals surface area contributed by atoms with Gasteiger partial charge in [0.2, 0.25) is 0 Å². The van der Waals surface area contributed by atoms with Crippen LogP contribution < -0.4 is 0 Å². The van der Waals surface area contributed by atoms with Crippen molar-refractivity contribution < 1.29 is 8.42 Å². The number of sulfone groups is 1. The molecule has 102 valence electrons. The van der Waals surface area contributed by atoms with Gasteiger partial charge in [-0.2, -0.15) is 5.10 Å². The third-order valence-electron chi connectivity index (χ3n) is 2.55. The molecule has 19 heavy (non-hydrogen) atoms. The Hall–Kier alpha value is -1.54. The summed E-state index contributed by atoms with van der Waals surface area (Å²) in [5.74, 6) is 0.751. The van der Waals surface area contributed by atoms with E-state index >= 15 is 0 Å². The molecule has 0 radical (unpaired) electrons. The molecule has 0 aromatic carbocycles. The van der Waals surface area contributed by atoms with Crippen molar-refractivity contribution >= 4 is 22.1 Å². The van der Waals surface area contributed by atoms with Crippen LogP contribution >= 0.6 is 12.2 Å². The number of hydrogen-bond acceptors (Lipinski definition) is 5. The topological polar surface area (TPSA) is 80.6 Å². The van der Waals surface area contributed by atoms with Crippen molar-refractivity contribution in [3.8, 4) is 11.5 Å². The SMILES string of the molecule is CS(=O)(=O)CCCn1c(-c2ccccn2)n[nH]c1=S. The molecule has 0 fully saturated rings. The Bertz CT molecular complexity index is 704. The van der Waals surface area contributed by atoms with E-state index in [1.54, 1.807) is 10.8 Å². The lowest BCUT2D eigenvalue weighted by atomic mass is 10.3. The molecule has 0 aliphatic carbocycles. The maximum absolute atomic E-state index is 11.1. The number of aromatic nitrogens is 4. The van der Waals surface area contributed by atoms with Crippen LogP contribution in [-0.2, 0) is 16.4 Å². The molecule has 0 bridgehead atoms. The Morgan fingerprint density at radius 1 is 1.42 bits per heavy atom. The predicted molar refractivity (Wildman–Crippen MR) is 75.0 cm³/mol. The van der Waals surface area contributed by atoms with Crippen molar-refractivity contribution in [3.63, 3.8) is 0 Å². The van der Waals surface area contributed by atoms with Crippen molar-refractivity contribution in [1.82, 2.24) is 19.7 Å². The highest BCUT2D eigenvalue weighted by Crippen LogP contribution is 2.14. The lowest BCUT2D eigenvalue weighted by Gasteiger charge is -2.05. The number of nitrogens with one attached hydrogen (secondary N) is 1. The van der Waals surface area contributed by atoms with Gasteiger partial charge in [0.1, 0.15) is 15.5 Å². The number of pyridine rings is 1. The Morgan fingerprint density at radius 2 is 2.21 bits per heavy atom. The van der Waals surface area contributed by atoms with Crippen LogP contribution in [0.4, 0.5) is 0 Å². The molecule has 8 heteroatoms. The average molecular weight is 298 g/mol. The molecule has 2 aromatic heterocycles. The van der Waals surface area contributed by atoms with Crippen molar-refractivity contribution in [2.24, 2.45) is 0 Å². The second-order valence-electron chi connectivity index (χ2n) is 4.20. The molecule has 0 atom stereocenters. The molecule has 0 aliphatic rings. The highest BCUT2D eigenvalue weighted by Gasteiger charge is 2.10. The minimum Gasteiger partial charge on any atom is -0.299 e. The summed E-state index contributed by atoms with van der Waals surface area (Å²) in [6.45, 7) is 0.494. The van der Waals surface area contributed by atoms with Gasteiger partial charge in [-0.05, 0) is 30.8 Å². The fraction of sp³-hybridized carbons (Fsp3) is 0.364. The van der Waals surface area contributed by atoms with Gasteiger partial charge in [0.25, 0.3) is 0 Å². The molecule has 6 nitrogen and oxygen atoms in total. The number of hydrogen-bond donors (Lipinski definition) is 1. The van der Waals surface area contributed by atoms with Gasteiger partial charge in [0.15, 0.2) is 10.6 Å². The van der Waals surface area contributed by atoms with Crippen LogP contribution in [0.1, 0.15) is 6.42 Å². The summed E-state index contributed by atoms with van der Waals surface area (Å²) >= 11 is 5.15. The maximum atomic E-state index is 11.1. The van der Waals surface area contributed by atoms with Crippen LogP contribution in [0.2, 0.25) is 0 Å². The summed E-state index contributed by atoms with van der Waals surface area (Å²) in [6.07, 6.45) is 3.39. The normalized spacial score (nSPS) is 11.6. The first-order chi connectivity index (χ1) is 8.97.